The zero-order valence-corrected chi connectivity index (χ0v) is 14.1. The maximum absolute atomic E-state index is 13.2. The first-order valence-electron chi connectivity index (χ1n) is 8.23. The first kappa shape index (κ1) is 18.4. The van der Waals surface area contributed by atoms with E-state index in [0.717, 1.165) is 18.4 Å². The summed E-state index contributed by atoms with van der Waals surface area (Å²) in [7, 11) is 1.54. The number of esters is 1. The third-order valence-corrected chi connectivity index (χ3v) is 4.50. The monoisotopic (exact) mass is 337 g/mol. The van der Waals surface area contributed by atoms with E-state index in [1.54, 1.807) is 26.2 Å². The maximum atomic E-state index is 13.2. The molecule has 132 valence electrons. The summed E-state index contributed by atoms with van der Waals surface area (Å²) in [6.07, 6.45) is 2.22. The molecule has 0 aromatic heterocycles. The highest BCUT2D eigenvalue weighted by Crippen LogP contribution is 2.42. The van der Waals surface area contributed by atoms with Gasteiger partial charge in [0, 0.05) is 13.7 Å². The van der Waals surface area contributed by atoms with Crippen molar-refractivity contribution < 1.29 is 23.5 Å². The number of hydrogen-bond donors (Lipinski definition) is 1. The van der Waals surface area contributed by atoms with Gasteiger partial charge in [-0.15, -0.1) is 0 Å². The van der Waals surface area contributed by atoms with Gasteiger partial charge in [-0.2, -0.15) is 0 Å². The minimum atomic E-state index is -0.882. The second-order valence-electron chi connectivity index (χ2n) is 6.13. The van der Waals surface area contributed by atoms with E-state index in [2.05, 4.69) is 5.32 Å². The van der Waals surface area contributed by atoms with Crippen molar-refractivity contribution >= 4 is 11.9 Å². The zero-order valence-electron chi connectivity index (χ0n) is 14.1. The Morgan fingerprint density at radius 2 is 1.88 bits per heavy atom. The van der Waals surface area contributed by atoms with Gasteiger partial charge in [0.15, 0.2) is 6.10 Å². The second-order valence-corrected chi connectivity index (χ2v) is 6.13. The van der Waals surface area contributed by atoms with Crippen LogP contribution in [0.25, 0.3) is 0 Å². The van der Waals surface area contributed by atoms with Gasteiger partial charge in [0.05, 0.1) is 12.0 Å². The average Bonchev–Trinajstić information content (AvgIpc) is 3.06. The summed E-state index contributed by atoms with van der Waals surface area (Å²) >= 11 is 0. The van der Waals surface area contributed by atoms with Gasteiger partial charge in [-0.25, -0.2) is 4.39 Å². The summed E-state index contributed by atoms with van der Waals surface area (Å²) in [5, 5.41) is 2.65. The molecule has 0 unspecified atom stereocenters. The fraction of sp³-hybridized carbons (Fsp3) is 0.556. The van der Waals surface area contributed by atoms with Gasteiger partial charge in [-0.1, -0.05) is 25.0 Å². The molecule has 1 N–H and O–H groups in total. The molecular weight excluding hydrogens is 313 g/mol. The molecule has 0 radical (unpaired) electrons. The fourth-order valence-corrected chi connectivity index (χ4v) is 3.11. The van der Waals surface area contributed by atoms with Gasteiger partial charge in [0.2, 0.25) is 0 Å². The molecule has 0 spiro atoms. The maximum Gasteiger partial charge on any atom is 0.317 e. The molecule has 24 heavy (non-hydrogen) atoms. The van der Waals surface area contributed by atoms with Gasteiger partial charge < -0.3 is 14.8 Å². The molecule has 1 amide bonds. The number of benzene rings is 1. The van der Waals surface area contributed by atoms with Crippen LogP contribution in [-0.2, 0) is 24.5 Å². The predicted octanol–water partition coefficient (Wildman–Crippen LogP) is 2.33. The standard InChI is InChI=1S/C18H24FNO4/c1-13(16(21)20-11-12-23-2)24-17(22)18(9-3-4-10-18)14-5-7-15(19)8-6-14/h5-8,13H,3-4,9-12H2,1-2H3,(H,20,21)/t13-/m1/s1. The molecule has 1 aromatic carbocycles. The van der Waals surface area contributed by atoms with Crippen LogP contribution >= 0.6 is 0 Å². The Morgan fingerprint density at radius 1 is 1.25 bits per heavy atom. The highest BCUT2D eigenvalue weighted by molar-refractivity contribution is 5.88. The van der Waals surface area contributed by atoms with E-state index in [9.17, 15) is 14.0 Å². The molecule has 1 aliphatic rings. The third-order valence-electron chi connectivity index (χ3n) is 4.50. The normalized spacial score (nSPS) is 17.3. The smallest absolute Gasteiger partial charge is 0.317 e. The Balaban J connectivity index is 2.07. The van der Waals surface area contributed by atoms with Gasteiger partial charge >= 0.3 is 5.97 Å². The molecular formula is C18H24FNO4. The van der Waals surface area contributed by atoms with E-state index in [-0.39, 0.29) is 11.7 Å². The number of ether oxygens (including phenoxy) is 2. The molecule has 1 saturated carbocycles. The Bertz CT molecular complexity index is 567. The van der Waals surface area contributed by atoms with Crippen LogP contribution in [0.2, 0.25) is 0 Å². The number of nitrogens with one attached hydrogen (secondary N) is 1. The van der Waals surface area contributed by atoms with Crippen molar-refractivity contribution in [3.05, 3.63) is 35.6 Å². The van der Waals surface area contributed by atoms with E-state index in [1.165, 1.54) is 12.1 Å². The van der Waals surface area contributed by atoms with Crippen LogP contribution in [0.15, 0.2) is 24.3 Å². The molecule has 1 fully saturated rings. The van der Waals surface area contributed by atoms with E-state index < -0.39 is 17.5 Å². The first-order chi connectivity index (χ1) is 11.5. The van der Waals surface area contributed by atoms with Gasteiger partial charge in [-0.3, -0.25) is 9.59 Å². The van der Waals surface area contributed by atoms with Gasteiger partial charge in [0.1, 0.15) is 5.82 Å². The lowest BCUT2D eigenvalue weighted by atomic mass is 9.79. The number of rotatable bonds is 7. The van der Waals surface area contributed by atoms with Gasteiger partial charge in [0.25, 0.3) is 5.91 Å². The van der Waals surface area contributed by atoms with Crippen molar-refractivity contribution in [2.45, 2.75) is 44.1 Å². The number of methoxy groups -OCH3 is 1. The van der Waals surface area contributed by atoms with Crippen LogP contribution in [0, 0.1) is 5.82 Å². The predicted molar refractivity (Wildman–Crippen MR) is 87.0 cm³/mol. The summed E-state index contributed by atoms with van der Waals surface area (Å²) in [5.41, 5.74) is -0.0345. The molecule has 1 atom stereocenters. The van der Waals surface area contributed by atoms with Crippen LogP contribution in [0.4, 0.5) is 4.39 Å². The van der Waals surface area contributed by atoms with Crippen molar-refractivity contribution in [1.29, 1.82) is 0 Å². The summed E-state index contributed by atoms with van der Waals surface area (Å²) < 4.78 is 23.5. The Hall–Kier alpha value is -1.95. The molecule has 0 saturated heterocycles. The molecule has 1 aromatic rings. The van der Waals surface area contributed by atoms with Crippen molar-refractivity contribution in [2.24, 2.45) is 0 Å². The quantitative estimate of drug-likeness (QED) is 0.613. The molecule has 0 bridgehead atoms. The Labute approximate surface area is 141 Å². The van der Waals surface area contributed by atoms with Crippen LogP contribution in [0.5, 0.6) is 0 Å². The molecule has 5 nitrogen and oxygen atoms in total. The summed E-state index contributed by atoms with van der Waals surface area (Å²) in [6, 6.07) is 5.96. The number of halogens is 1. The second kappa shape index (κ2) is 8.24. The van der Waals surface area contributed by atoms with E-state index in [4.69, 9.17) is 9.47 Å². The van der Waals surface area contributed by atoms with Crippen molar-refractivity contribution in [1.82, 2.24) is 5.32 Å². The Morgan fingerprint density at radius 3 is 2.46 bits per heavy atom. The third kappa shape index (κ3) is 4.12. The molecule has 1 aliphatic carbocycles. The summed E-state index contributed by atoms with van der Waals surface area (Å²) in [5.74, 6) is -1.11. The van der Waals surface area contributed by atoms with E-state index >= 15 is 0 Å². The number of carbonyl (C=O) groups excluding carboxylic acids is 2. The fourth-order valence-electron chi connectivity index (χ4n) is 3.11. The topological polar surface area (TPSA) is 64.6 Å². The first-order valence-corrected chi connectivity index (χ1v) is 8.23. The number of carbonyl (C=O) groups is 2. The molecule has 6 heteroatoms. The molecule has 0 heterocycles. The molecule has 2 rings (SSSR count). The van der Waals surface area contributed by atoms with E-state index in [1.807, 2.05) is 0 Å². The highest BCUT2D eigenvalue weighted by Gasteiger charge is 2.45. The summed E-state index contributed by atoms with van der Waals surface area (Å²) in [6.45, 7) is 2.31. The summed E-state index contributed by atoms with van der Waals surface area (Å²) in [4.78, 5) is 24.7. The minimum Gasteiger partial charge on any atom is -0.452 e. The highest BCUT2D eigenvalue weighted by atomic mass is 19.1. The van der Waals surface area contributed by atoms with Crippen molar-refractivity contribution in [3.8, 4) is 0 Å². The lowest BCUT2D eigenvalue weighted by molar-refractivity contribution is -0.160. The van der Waals surface area contributed by atoms with Crippen molar-refractivity contribution in [3.63, 3.8) is 0 Å². The zero-order chi connectivity index (χ0) is 17.6. The Kier molecular flexibility index (Phi) is 6.31. The average molecular weight is 337 g/mol. The van der Waals surface area contributed by atoms with Crippen LogP contribution in [0.3, 0.4) is 0 Å². The lowest BCUT2D eigenvalue weighted by Gasteiger charge is -2.28. The van der Waals surface area contributed by atoms with Crippen LogP contribution in [0.1, 0.15) is 38.2 Å². The van der Waals surface area contributed by atoms with Crippen LogP contribution < -0.4 is 5.32 Å². The minimum absolute atomic E-state index is 0.342. The lowest BCUT2D eigenvalue weighted by Crippen LogP contribution is -2.42. The SMILES string of the molecule is COCCNC(=O)[C@@H](C)OC(=O)C1(c2ccc(F)cc2)CCCC1. The number of amides is 1. The van der Waals surface area contributed by atoms with Crippen molar-refractivity contribution in [2.75, 3.05) is 20.3 Å². The largest absolute Gasteiger partial charge is 0.452 e. The molecule has 0 aliphatic heterocycles. The van der Waals surface area contributed by atoms with Crippen LogP contribution in [-0.4, -0.2) is 38.2 Å². The number of hydrogen-bond acceptors (Lipinski definition) is 4. The van der Waals surface area contributed by atoms with Gasteiger partial charge in [-0.05, 0) is 37.5 Å². The van der Waals surface area contributed by atoms with E-state index in [0.29, 0.717) is 26.0 Å².